The van der Waals surface area contributed by atoms with Crippen LogP contribution >= 0.6 is 38.9 Å². The lowest BCUT2D eigenvalue weighted by atomic mass is 9.95. The summed E-state index contributed by atoms with van der Waals surface area (Å²) >= 11 is 10.4. The Morgan fingerprint density at radius 1 is 1.02 bits per heavy atom. The lowest BCUT2D eigenvalue weighted by molar-refractivity contribution is -0.140. The van der Waals surface area contributed by atoms with E-state index < -0.39 is 35.0 Å². The van der Waals surface area contributed by atoms with Crippen molar-refractivity contribution in [1.29, 1.82) is 0 Å². The highest BCUT2D eigenvalue weighted by Crippen LogP contribution is 2.40. The molecule has 49 heavy (non-hydrogen) atoms. The number of carbonyl (C=O) groups excluding carboxylic acids is 1. The van der Waals surface area contributed by atoms with Crippen LogP contribution in [0.3, 0.4) is 0 Å². The predicted octanol–water partition coefficient (Wildman–Crippen LogP) is 7.89. The number of nitrogens with zero attached hydrogens (tertiary/aromatic N) is 2. The van der Waals surface area contributed by atoms with Crippen LogP contribution in [0, 0.1) is 0 Å². The van der Waals surface area contributed by atoms with Gasteiger partial charge in [-0.25, -0.2) is 9.79 Å². The molecular weight excluding hydrogens is 745 g/mol. The highest BCUT2D eigenvalue weighted by molar-refractivity contribution is 9.10. The summed E-state index contributed by atoms with van der Waals surface area (Å²) < 4.78 is 62.2. The first-order valence-corrected chi connectivity index (χ1v) is 17.1. The monoisotopic (exact) mass is 770 g/mol. The molecule has 4 aromatic carbocycles. The molecule has 0 radical (unpaired) electrons. The maximum atomic E-state index is 14.4. The number of ether oxygens (including phenoxy) is 3. The zero-order chi connectivity index (χ0) is 34.9. The molecule has 0 bridgehead atoms. The summed E-state index contributed by atoms with van der Waals surface area (Å²) in [5, 5.41) is 2.47. The number of rotatable bonds is 9. The van der Waals surface area contributed by atoms with Gasteiger partial charge in [0.25, 0.3) is 5.56 Å². The van der Waals surface area contributed by atoms with E-state index in [2.05, 4.69) is 20.9 Å². The second-order valence-corrected chi connectivity index (χ2v) is 13.1. The van der Waals surface area contributed by atoms with Crippen molar-refractivity contribution in [2.45, 2.75) is 32.7 Å². The summed E-state index contributed by atoms with van der Waals surface area (Å²) in [5.74, 6) is -0.374. The molecule has 6 rings (SSSR count). The first-order valence-electron chi connectivity index (χ1n) is 15.1. The van der Waals surface area contributed by atoms with Crippen LogP contribution in [0.25, 0.3) is 16.8 Å². The molecule has 2 heterocycles. The molecule has 1 aliphatic rings. The van der Waals surface area contributed by atoms with Gasteiger partial charge in [0, 0.05) is 5.02 Å². The summed E-state index contributed by atoms with van der Waals surface area (Å²) in [6.07, 6.45) is -3.48. The summed E-state index contributed by atoms with van der Waals surface area (Å²) in [4.78, 5) is 30.7. The zero-order valence-corrected chi connectivity index (χ0v) is 29.2. The second-order valence-electron chi connectivity index (χ2n) is 10.8. The van der Waals surface area contributed by atoms with Gasteiger partial charge >= 0.3 is 12.1 Å². The third kappa shape index (κ3) is 7.03. The van der Waals surface area contributed by atoms with Crippen molar-refractivity contribution in [3.63, 3.8) is 0 Å². The number of halogens is 5. The average Bonchev–Trinajstić information content (AvgIpc) is 3.38. The summed E-state index contributed by atoms with van der Waals surface area (Å²) in [6, 6.07) is 21.8. The molecule has 0 amide bonds. The Bertz CT molecular complexity index is 2280. The van der Waals surface area contributed by atoms with Crippen molar-refractivity contribution in [3.05, 3.63) is 136 Å². The van der Waals surface area contributed by atoms with Gasteiger partial charge in [-0.05, 0) is 87.6 Å². The number of fused-ring (bicyclic) bond motifs is 2. The Balaban J connectivity index is 1.45. The number of aromatic nitrogens is 1. The highest BCUT2D eigenvalue weighted by atomic mass is 79.9. The fourth-order valence-electron chi connectivity index (χ4n) is 5.59. The van der Waals surface area contributed by atoms with Gasteiger partial charge in [-0.3, -0.25) is 9.36 Å². The van der Waals surface area contributed by atoms with E-state index >= 15 is 0 Å². The van der Waals surface area contributed by atoms with Crippen LogP contribution in [0.2, 0.25) is 5.02 Å². The third-order valence-corrected chi connectivity index (χ3v) is 9.49. The Morgan fingerprint density at radius 2 is 1.76 bits per heavy atom. The molecule has 0 aliphatic carbocycles. The van der Waals surface area contributed by atoms with Crippen molar-refractivity contribution in [3.8, 4) is 11.5 Å². The molecule has 1 atom stereocenters. The molecule has 0 spiro atoms. The molecule has 0 saturated heterocycles. The normalized spacial score (nSPS) is 14.8. The third-order valence-electron chi connectivity index (χ3n) is 7.66. The SMILES string of the molecule is CCOC(=O)C1=C(C(F)(F)F)N=c2s/c(=C\c3cc(Br)c(OCc4cccc5ccccc45)c(OCC)c3)c(=O)n2[C@H]1c1ccc(Cl)cc1. The van der Waals surface area contributed by atoms with Crippen molar-refractivity contribution in [2.24, 2.45) is 4.99 Å². The number of hydrogen-bond acceptors (Lipinski definition) is 7. The topological polar surface area (TPSA) is 79.1 Å². The minimum Gasteiger partial charge on any atom is -0.490 e. The number of hydrogen-bond donors (Lipinski definition) is 0. The van der Waals surface area contributed by atoms with Crippen LogP contribution in [0.15, 0.2) is 104 Å². The minimum absolute atomic E-state index is 0.0862. The number of thiazole rings is 1. The number of alkyl halides is 3. The molecule has 1 aliphatic heterocycles. The van der Waals surface area contributed by atoms with Gasteiger partial charge in [0.2, 0.25) is 0 Å². The predicted molar refractivity (Wildman–Crippen MR) is 186 cm³/mol. The molecule has 252 valence electrons. The molecular formula is C36H27BrClF3N2O5S. The van der Waals surface area contributed by atoms with Crippen LogP contribution in [-0.4, -0.2) is 29.9 Å². The van der Waals surface area contributed by atoms with E-state index in [1.807, 2.05) is 49.4 Å². The Kier molecular flexibility index (Phi) is 10.0. The number of allylic oxidation sites excluding steroid dienone is 1. The smallest absolute Gasteiger partial charge is 0.434 e. The molecule has 0 saturated carbocycles. The van der Waals surface area contributed by atoms with E-state index in [4.69, 9.17) is 25.8 Å². The van der Waals surface area contributed by atoms with Crippen molar-refractivity contribution < 1.29 is 32.2 Å². The van der Waals surface area contributed by atoms with Gasteiger partial charge in [0.1, 0.15) is 6.61 Å². The molecule has 5 aromatic rings. The Hall–Kier alpha value is -4.39. The first kappa shape index (κ1) is 34.5. The molecule has 1 aromatic heterocycles. The lowest BCUT2D eigenvalue weighted by Gasteiger charge is -2.26. The quantitative estimate of drug-likeness (QED) is 0.143. The standard InChI is InChI=1S/C36H27BrClF3N2O5S/c1-3-46-27-17-20(16-26(37)31(27)48-19-23-10-7-9-21-8-5-6-11-25(21)23)18-28-33(44)43-30(22-12-14-24(38)15-13-22)29(34(45)47-4-2)32(36(39,40)41)42-35(43)49-28/h5-18,30H,3-4,19H2,1-2H3/b28-18-/t30-/m0/s1. The van der Waals surface area contributed by atoms with Gasteiger partial charge < -0.3 is 14.2 Å². The van der Waals surface area contributed by atoms with Crippen molar-refractivity contribution in [1.82, 2.24) is 4.57 Å². The first-order chi connectivity index (χ1) is 23.5. The van der Waals surface area contributed by atoms with Gasteiger partial charge in [0.15, 0.2) is 22.0 Å². The van der Waals surface area contributed by atoms with E-state index in [0.29, 0.717) is 33.2 Å². The summed E-state index contributed by atoms with van der Waals surface area (Å²) in [5.41, 5.74) is -1.13. The Labute approximate surface area is 295 Å². The fraction of sp³-hybridized carbons (Fsp3) is 0.194. The maximum Gasteiger partial charge on any atom is 0.434 e. The average molecular weight is 772 g/mol. The van der Waals surface area contributed by atoms with Crippen molar-refractivity contribution >= 4 is 61.7 Å². The molecule has 0 fully saturated rings. The Morgan fingerprint density at radius 3 is 2.47 bits per heavy atom. The molecule has 0 N–H and O–H groups in total. The van der Waals surface area contributed by atoms with Gasteiger partial charge in [-0.15, -0.1) is 0 Å². The highest BCUT2D eigenvalue weighted by Gasteiger charge is 2.45. The fourth-order valence-corrected chi connectivity index (χ4v) is 7.30. The molecule has 13 heteroatoms. The van der Waals surface area contributed by atoms with E-state index in [-0.39, 0.29) is 28.1 Å². The number of benzene rings is 4. The van der Waals surface area contributed by atoms with E-state index in [1.54, 1.807) is 12.1 Å². The van der Waals surface area contributed by atoms with E-state index in [9.17, 15) is 22.8 Å². The second kappa shape index (κ2) is 14.2. The lowest BCUT2D eigenvalue weighted by Crippen LogP contribution is -2.41. The summed E-state index contributed by atoms with van der Waals surface area (Å²) in [7, 11) is 0. The van der Waals surface area contributed by atoms with Gasteiger partial charge in [0.05, 0.1) is 33.8 Å². The van der Waals surface area contributed by atoms with Crippen LogP contribution in [0.5, 0.6) is 11.5 Å². The molecule has 7 nitrogen and oxygen atoms in total. The van der Waals surface area contributed by atoms with E-state index in [0.717, 1.165) is 32.2 Å². The van der Waals surface area contributed by atoms with Gasteiger partial charge in [-0.1, -0.05) is 77.5 Å². The zero-order valence-electron chi connectivity index (χ0n) is 26.0. The van der Waals surface area contributed by atoms with Crippen molar-refractivity contribution in [2.75, 3.05) is 13.2 Å². The molecule has 0 unspecified atom stereocenters. The number of carbonyl (C=O) groups is 1. The largest absolute Gasteiger partial charge is 0.490 e. The maximum absolute atomic E-state index is 14.4. The van der Waals surface area contributed by atoms with Crippen LogP contribution in [0.4, 0.5) is 13.2 Å². The number of esters is 1. The van der Waals surface area contributed by atoms with Gasteiger partial charge in [-0.2, -0.15) is 13.2 Å². The van der Waals surface area contributed by atoms with Crippen LogP contribution < -0.4 is 24.4 Å². The summed E-state index contributed by atoms with van der Waals surface area (Å²) in [6.45, 7) is 3.70. The van der Waals surface area contributed by atoms with E-state index in [1.165, 1.54) is 37.3 Å². The van der Waals surface area contributed by atoms with Crippen LogP contribution in [0.1, 0.15) is 36.6 Å². The van der Waals surface area contributed by atoms with Crippen LogP contribution in [-0.2, 0) is 16.1 Å². The minimum atomic E-state index is -5.01.